The van der Waals surface area contributed by atoms with E-state index in [0.717, 1.165) is 62.4 Å². The highest BCUT2D eigenvalue weighted by atomic mass is 127. The predicted molar refractivity (Wildman–Crippen MR) is 142 cm³/mol. The molecule has 3 aromatic rings. The fraction of sp³-hybridized carbons (Fsp3) is 0.391. The number of hydrogen-bond donors (Lipinski definition) is 3. The van der Waals surface area contributed by atoms with E-state index in [1.807, 2.05) is 24.4 Å². The van der Waals surface area contributed by atoms with Gasteiger partial charge in [-0.05, 0) is 23.9 Å². The molecule has 1 aliphatic rings. The Hall–Kier alpha value is -1.95. The van der Waals surface area contributed by atoms with Crippen LogP contribution in [0.25, 0.3) is 11.3 Å². The van der Waals surface area contributed by atoms with E-state index >= 15 is 0 Å². The summed E-state index contributed by atoms with van der Waals surface area (Å²) >= 11 is 1.80. The van der Waals surface area contributed by atoms with E-state index in [4.69, 9.17) is 9.73 Å². The van der Waals surface area contributed by atoms with Gasteiger partial charge >= 0.3 is 0 Å². The average Bonchev–Trinajstić information content (AvgIpc) is 3.52. The van der Waals surface area contributed by atoms with Crippen molar-refractivity contribution in [1.82, 2.24) is 25.5 Å². The lowest BCUT2D eigenvalue weighted by Gasteiger charge is -2.34. The van der Waals surface area contributed by atoms with Gasteiger partial charge in [-0.3, -0.25) is 4.90 Å². The maximum atomic E-state index is 5.55. The van der Waals surface area contributed by atoms with Crippen molar-refractivity contribution in [2.45, 2.75) is 19.5 Å². The Bertz CT molecular complexity index is 941. The number of aliphatic imine (C=N–C) groups is 1. The van der Waals surface area contributed by atoms with Gasteiger partial charge in [0.05, 0.1) is 31.1 Å². The molecule has 1 aromatic carbocycles. The Kier molecular flexibility index (Phi) is 9.97. The number of imidazole rings is 1. The molecular formula is C23H31IN6OS. The minimum absolute atomic E-state index is 0. The normalized spacial score (nSPS) is 15.7. The van der Waals surface area contributed by atoms with Crippen molar-refractivity contribution >= 4 is 41.3 Å². The third-order valence-corrected chi connectivity index (χ3v) is 6.24. The predicted octanol–water partition coefficient (Wildman–Crippen LogP) is 3.88. The third-order valence-electron chi connectivity index (χ3n) is 5.27. The number of nitrogens with zero attached hydrogens (tertiary/aromatic N) is 3. The van der Waals surface area contributed by atoms with Crippen LogP contribution in [-0.2, 0) is 11.3 Å². The highest BCUT2D eigenvalue weighted by molar-refractivity contribution is 14.0. The molecule has 1 atom stereocenters. The summed E-state index contributed by atoms with van der Waals surface area (Å²) in [5.41, 5.74) is 2.13. The first kappa shape index (κ1) is 24.7. The average molecular weight is 567 g/mol. The van der Waals surface area contributed by atoms with Crippen molar-refractivity contribution in [3.63, 3.8) is 0 Å². The van der Waals surface area contributed by atoms with E-state index in [2.05, 4.69) is 62.1 Å². The molecule has 0 bridgehead atoms. The number of guanidine groups is 1. The van der Waals surface area contributed by atoms with Crippen molar-refractivity contribution in [3.8, 4) is 11.3 Å². The second-order valence-corrected chi connectivity index (χ2v) is 8.34. The molecule has 3 heterocycles. The molecule has 0 saturated carbocycles. The number of thiophene rings is 1. The van der Waals surface area contributed by atoms with Crippen molar-refractivity contribution < 1.29 is 4.74 Å². The molecule has 1 aliphatic heterocycles. The number of ether oxygens (including phenoxy) is 1. The Labute approximate surface area is 210 Å². The molecule has 7 nitrogen and oxygen atoms in total. The van der Waals surface area contributed by atoms with Crippen LogP contribution in [0, 0.1) is 0 Å². The summed E-state index contributed by atoms with van der Waals surface area (Å²) in [6.07, 6.45) is 1.87. The molecule has 0 spiro atoms. The molecule has 9 heteroatoms. The first-order valence-corrected chi connectivity index (χ1v) is 11.7. The zero-order valence-corrected chi connectivity index (χ0v) is 21.4. The molecule has 1 fully saturated rings. The summed E-state index contributed by atoms with van der Waals surface area (Å²) in [6.45, 7) is 7.65. The molecule has 0 amide bonds. The quantitative estimate of drug-likeness (QED) is 0.219. The summed E-state index contributed by atoms with van der Waals surface area (Å²) in [5.74, 6) is 1.65. The van der Waals surface area contributed by atoms with Crippen LogP contribution in [0.15, 0.2) is 59.0 Å². The minimum Gasteiger partial charge on any atom is -0.379 e. The number of aromatic nitrogens is 2. The second-order valence-electron chi connectivity index (χ2n) is 7.37. The Morgan fingerprint density at radius 3 is 2.72 bits per heavy atom. The van der Waals surface area contributed by atoms with Gasteiger partial charge in [-0.15, -0.1) is 35.3 Å². The van der Waals surface area contributed by atoms with Crippen LogP contribution in [0.5, 0.6) is 0 Å². The highest BCUT2D eigenvalue weighted by Crippen LogP contribution is 2.25. The van der Waals surface area contributed by atoms with Crippen LogP contribution in [0.3, 0.4) is 0 Å². The van der Waals surface area contributed by atoms with E-state index in [9.17, 15) is 0 Å². The third kappa shape index (κ3) is 6.77. The van der Waals surface area contributed by atoms with Crippen LogP contribution in [-0.4, -0.2) is 60.2 Å². The lowest BCUT2D eigenvalue weighted by molar-refractivity contribution is 0.0177. The van der Waals surface area contributed by atoms with E-state index in [0.29, 0.717) is 12.6 Å². The van der Waals surface area contributed by atoms with Crippen LogP contribution in [0.2, 0.25) is 0 Å². The number of nitrogens with one attached hydrogen (secondary N) is 3. The largest absolute Gasteiger partial charge is 0.379 e. The SMILES string of the molecule is CCNC(=NCc1ncc(-c2ccccc2)[nH]1)NCC(c1cccs1)N1CCOCC1.I. The highest BCUT2D eigenvalue weighted by Gasteiger charge is 2.23. The molecule has 0 aliphatic carbocycles. The number of halogens is 1. The topological polar surface area (TPSA) is 77.6 Å². The van der Waals surface area contributed by atoms with Gasteiger partial charge in [0.25, 0.3) is 0 Å². The summed E-state index contributed by atoms with van der Waals surface area (Å²) in [7, 11) is 0. The van der Waals surface area contributed by atoms with Crippen molar-refractivity contribution in [2.75, 3.05) is 39.4 Å². The van der Waals surface area contributed by atoms with E-state index in [-0.39, 0.29) is 24.0 Å². The van der Waals surface area contributed by atoms with E-state index in [1.165, 1.54) is 4.88 Å². The van der Waals surface area contributed by atoms with Gasteiger partial charge in [-0.25, -0.2) is 9.98 Å². The number of rotatable bonds is 8. The number of hydrogen-bond acceptors (Lipinski definition) is 5. The van der Waals surface area contributed by atoms with Crippen LogP contribution in [0.1, 0.15) is 23.7 Å². The van der Waals surface area contributed by atoms with Crippen molar-refractivity contribution in [1.29, 1.82) is 0 Å². The van der Waals surface area contributed by atoms with Gasteiger partial charge in [-0.1, -0.05) is 36.4 Å². The lowest BCUT2D eigenvalue weighted by atomic mass is 10.2. The number of morpholine rings is 1. The molecule has 3 N–H and O–H groups in total. The van der Waals surface area contributed by atoms with Crippen LogP contribution >= 0.6 is 35.3 Å². The first-order valence-electron chi connectivity index (χ1n) is 10.8. The van der Waals surface area contributed by atoms with Crippen LogP contribution in [0.4, 0.5) is 0 Å². The number of benzene rings is 1. The Morgan fingerprint density at radius 2 is 2.00 bits per heavy atom. The molecule has 1 saturated heterocycles. The number of H-pyrrole nitrogens is 1. The van der Waals surface area contributed by atoms with E-state index in [1.54, 1.807) is 11.3 Å². The van der Waals surface area contributed by atoms with Gasteiger partial charge in [0.2, 0.25) is 0 Å². The Balaban J connectivity index is 0.00000289. The molecule has 172 valence electrons. The summed E-state index contributed by atoms with van der Waals surface area (Å²) in [5, 5.41) is 9.03. The van der Waals surface area contributed by atoms with Gasteiger partial charge in [0, 0.05) is 31.1 Å². The monoisotopic (exact) mass is 566 g/mol. The van der Waals surface area contributed by atoms with E-state index < -0.39 is 0 Å². The smallest absolute Gasteiger partial charge is 0.191 e. The first-order chi connectivity index (χ1) is 15.3. The van der Waals surface area contributed by atoms with Gasteiger partial charge < -0.3 is 20.4 Å². The maximum absolute atomic E-state index is 5.55. The van der Waals surface area contributed by atoms with Crippen molar-refractivity contribution in [2.24, 2.45) is 4.99 Å². The molecule has 2 aromatic heterocycles. The molecule has 32 heavy (non-hydrogen) atoms. The molecule has 0 radical (unpaired) electrons. The van der Waals surface area contributed by atoms with Crippen LogP contribution < -0.4 is 10.6 Å². The summed E-state index contributed by atoms with van der Waals surface area (Å²) in [6, 6.07) is 14.9. The summed E-state index contributed by atoms with van der Waals surface area (Å²) in [4.78, 5) is 16.5. The zero-order chi connectivity index (χ0) is 21.3. The minimum atomic E-state index is 0. The standard InChI is InChI=1S/C23H30N6OS.HI/c1-2-24-23(27-17-22-25-15-19(28-22)18-7-4-3-5-8-18)26-16-20(21-9-6-14-31-21)29-10-12-30-13-11-29;/h3-9,14-15,20H,2,10-13,16-17H2,1H3,(H,25,28)(H2,24,26,27);1H. The second kappa shape index (κ2) is 12.9. The lowest BCUT2D eigenvalue weighted by Crippen LogP contribution is -2.46. The Morgan fingerprint density at radius 1 is 1.19 bits per heavy atom. The molecule has 1 unspecified atom stereocenters. The maximum Gasteiger partial charge on any atom is 0.191 e. The zero-order valence-electron chi connectivity index (χ0n) is 18.3. The van der Waals surface area contributed by atoms with Gasteiger partial charge in [0.1, 0.15) is 12.4 Å². The van der Waals surface area contributed by atoms with Gasteiger partial charge in [0.15, 0.2) is 5.96 Å². The van der Waals surface area contributed by atoms with Crippen molar-refractivity contribution in [3.05, 3.63) is 64.7 Å². The number of aromatic amines is 1. The van der Waals surface area contributed by atoms with Gasteiger partial charge in [-0.2, -0.15) is 0 Å². The summed E-state index contributed by atoms with van der Waals surface area (Å²) < 4.78 is 5.55. The molecule has 4 rings (SSSR count). The fourth-order valence-corrected chi connectivity index (χ4v) is 4.54. The fourth-order valence-electron chi connectivity index (χ4n) is 3.68. The molecular weight excluding hydrogens is 535 g/mol.